The number of halogens is 2. The van der Waals surface area contributed by atoms with E-state index >= 15 is 0 Å². The second-order valence-corrected chi connectivity index (χ2v) is 11.1. The van der Waals surface area contributed by atoms with Crippen LogP contribution in [0.3, 0.4) is 0 Å². The van der Waals surface area contributed by atoms with Crippen LogP contribution in [-0.2, 0) is 16.0 Å². The molecule has 0 aliphatic carbocycles. The van der Waals surface area contributed by atoms with Gasteiger partial charge in [0.1, 0.15) is 11.7 Å². The molecule has 1 saturated heterocycles. The van der Waals surface area contributed by atoms with Gasteiger partial charge in [-0.3, -0.25) is 14.4 Å². The number of carbonyl (C=O) groups excluding carboxylic acids is 3. The number of carboxylic acids is 1. The van der Waals surface area contributed by atoms with Crippen LogP contribution in [0, 0.1) is 5.82 Å². The number of carbonyl (C=O) groups is 4. The van der Waals surface area contributed by atoms with Gasteiger partial charge in [-0.05, 0) is 60.0 Å². The van der Waals surface area contributed by atoms with Gasteiger partial charge in [-0.15, -0.1) is 5.10 Å². The van der Waals surface area contributed by atoms with Gasteiger partial charge in [-0.1, -0.05) is 35.0 Å². The summed E-state index contributed by atoms with van der Waals surface area (Å²) in [6.07, 6.45) is 1.67. The summed E-state index contributed by atoms with van der Waals surface area (Å²) < 4.78 is 15.8. The number of fused-ring (bicyclic) bond motifs is 1. The number of aromatic carboxylic acids is 1. The molecule has 0 radical (unpaired) electrons. The lowest BCUT2D eigenvalue weighted by Gasteiger charge is -2.40. The second-order valence-electron chi connectivity index (χ2n) is 10.7. The molecule has 0 spiro atoms. The molecule has 3 amide bonds. The second kappa shape index (κ2) is 12.0. The van der Waals surface area contributed by atoms with Crippen molar-refractivity contribution in [3.8, 4) is 5.69 Å². The first-order chi connectivity index (χ1) is 21.6. The zero-order chi connectivity index (χ0) is 31.8. The highest BCUT2D eigenvalue weighted by atomic mass is 35.5. The molecule has 1 fully saturated rings. The van der Waals surface area contributed by atoms with E-state index in [0.29, 0.717) is 30.8 Å². The van der Waals surface area contributed by atoms with Gasteiger partial charge in [0.2, 0.25) is 5.91 Å². The largest absolute Gasteiger partial charge is 0.478 e. The van der Waals surface area contributed by atoms with Crippen molar-refractivity contribution in [3.63, 3.8) is 0 Å². The minimum absolute atomic E-state index is 0.00325. The average molecular weight is 632 g/mol. The quantitative estimate of drug-likeness (QED) is 0.330. The molecule has 2 aliphatic rings. The molecular formula is C31H27ClFN7O5. The third-order valence-corrected chi connectivity index (χ3v) is 8.29. The minimum Gasteiger partial charge on any atom is -0.478 e. The van der Waals surface area contributed by atoms with Gasteiger partial charge < -0.3 is 25.1 Å². The van der Waals surface area contributed by atoms with E-state index in [1.165, 1.54) is 47.5 Å². The Morgan fingerprint density at radius 1 is 1.00 bits per heavy atom. The van der Waals surface area contributed by atoms with E-state index in [0.717, 1.165) is 15.9 Å². The molecule has 6 rings (SSSR count). The molecule has 230 valence electrons. The molecule has 2 aliphatic heterocycles. The summed E-state index contributed by atoms with van der Waals surface area (Å²) in [4.78, 5) is 56.8. The van der Waals surface area contributed by atoms with Crippen molar-refractivity contribution in [1.29, 1.82) is 0 Å². The van der Waals surface area contributed by atoms with E-state index in [9.17, 15) is 28.7 Å². The van der Waals surface area contributed by atoms with E-state index in [4.69, 9.17) is 11.6 Å². The SMILES string of the molecule is CN1CCN(c2cccc3c2CCN(C(=O)c2cn(-c4cccc(Cl)c4F)nn2)[C@@H]3C(=O)Nc2ccc(C(=O)O)cc2)CC1=O. The zero-order valence-electron chi connectivity index (χ0n) is 24.0. The number of hydrogen-bond acceptors (Lipinski definition) is 7. The Morgan fingerprint density at radius 3 is 2.47 bits per heavy atom. The number of aromatic nitrogens is 3. The molecule has 1 aromatic heterocycles. The van der Waals surface area contributed by atoms with E-state index in [2.05, 4.69) is 15.6 Å². The van der Waals surface area contributed by atoms with Crippen LogP contribution in [0.5, 0.6) is 0 Å². The Labute approximate surface area is 261 Å². The van der Waals surface area contributed by atoms with Crippen LogP contribution in [0.2, 0.25) is 5.02 Å². The van der Waals surface area contributed by atoms with E-state index in [1.54, 1.807) is 30.1 Å². The van der Waals surface area contributed by atoms with Gasteiger partial charge in [0, 0.05) is 38.1 Å². The number of hydrogen-bond donors (Lipinski definition) is 2. The first-order valence-corrected chi connectivity index (χ1v) is 14.4. The van der Waals surface area contributed by atoms with Gasteiger partial charge in [0.05, 0.1) is 23.3 Å². The maximum Gasteiger partial charge on any atom is 0.335 e. The van der Waals surface area contributed by atoms with E-state index < -0.39 is 29.6 Å². The molecule has 14 heteroatoms. The predicted molar refractivity (Wildman–Crippen MR) is 162 cm³/mol. The Kier molecular flexibility index (Phi) is 7.94. The summed E-state index contributed by atoms with van der Waals surface area (Å²) >= 11 is 5.92. The third-order valence-electron chi connectivity index (χ3n) is 7.99. The molecule has 4 aromatic rings. The van der Waals surface area contributed by atoms with Crippen molar-refractivity contribution in [2.24, 2.45) is 0 Å². The van der Waals surface area contributed by atoms with Gasteiger partial charge in [0.25, 0.3) is 11.8 Å². The monoisotopic (exact) mass is 631 g/mol. The first kappa shape index (κ1) is 29.8. The standard InChI is InChI=1S/C31H27ClFN7O5/c1-37-14-15-38(17-26(37)41)24-6-2-4-21-20(24)12-13-39(28(21)29(42)34-19-10-8-18(9-11-19)31(44)45)30(43)23-16-40(36-35-23)25-7-3-5-22(32)27(25)33/h2-11,16,28H,12-15,17H2,1H3,(H,34,42)(H,44,45)/t28-/m0/s1. The maximum absolute atomic E-state index is 14.7. The number of nitrogens with one attached hydrogen (secondary N) is 1. The molecule has 1 atom stereocenters. The number of carboxylic acid groups (broad SMARTS) is 1. The summed E-state index contributed by atoms with van der Waals surface area (Å²) in [5.74, 6) is -2.99. The van der Waals surface area contributed by atoms with Crippen molar-refractivity contribution in [2.75, 3.05) is 43.4 Å². The van der Waals surface area contributed by atoms with Crippen molar-refractivity contribution in [3.05, 3.63) is 100 Å². The number of likely N-dealkylation sites (N-methyl/N-ethyl adjacent to an activating group) is 1. The fourth-order valence-electron chi connectivity index (χ4n) is 5.61. The smallest absolute Gasteiger partial charge is 0.335 e. The molecule has 0 unspecified atom stereocenters. The lowest BCUT2D eigenvalue weighted by atomic mass is 9.89. The first-order valence-electron chi connectivity index (χ1n) is 14.0. The lowest BCUT2D eigenvalue weighted by molar-refractivity contribution is -0.129. The number of benzene rings is 3. The Morgan fingerprint density at radius 2 is 1.73 bits per heavy atom. The lowest BCUT2D eigenvalue weighted by Crippen LogP contribution is -2.50. The zero-order valence-corrected chi connectivity index (χ0v) is 24.7. The van der Waals surface area contributed by atoms with Crippen LogP contribution >= 0.6 is 11.6 Å². The highest BCUT2D eigenvalue weighted by Gasteiger charge is 2.39. The molecule has 3 aromatic carbocycles. The van der Waals surface area contributed by atoms with Crippen molar-refractivity contribution in [1.82, 2.24) is 24.8 Å². The highest BCUT2D eigenvalue weighted by molar-refractivity contribution is 6.30. The number of amides is 3. The predicted octanol–water partition coefficient (Wildman–Crippen LogP) is 3.41. The van der Waals surface area contributed by atoms with Crippen LogP contribution < -0.4 is 10.2 Å². The highest BCUT2D eigenvalue weighted by Crippen LogP contribution is 2.37. The normalized spacial score (nSPS) is 16.4. The molecule has 2 N–H and O–H groups in total. The Balaban J connectivity index is 1.36. The van der Waals surface area contributed by atoms with Crippen LogP contribution in [0.25, 0.3) is 5.69 Å². The van der Waals surface area contributed by atoms with Gasteiger partial charge >= 0.3 is 5.97 Å². The third kappa shape index (κ3) is 5.69. The Hall–Kier alpha value is -5.30. The molecule has 0 bridgehead atoms. The van der Waals surface area contributed by atoms with Gasteiger partial charge in [0.15, 0.2) is 11.5 Å². The summed E-state index contributed by atoms with van der Waals surface area (Å²) in [5, 5.41) is 19.8. The summed E-state index contributed by atoms with van der Waals surface area (Å²) in [5.41, 5.74) is 2.51. The van der Waals surface area contributed by atoms with Crippen molar-refractivity contribution in [2.45, 2.75) is 12.5 Å². The summed E-state index contributed by atoms with van der Waals surface area (Å²) in [6.45, 7) is 1.48. The maximum atomic E-state index is 14.7. The molecule has 12 nitrogen and oxygen atoms in total. The molecule has 3 heterocycles. The Bertz CT molecular complexity index is 1830. The van der Waals surface area contributed by atoms with Crippen molar-refractivity contribution >= 4 is 46.7 Å². The average Bonchev–Trinajstić information content (AvgIpc) is 3.53. The van der Waals surface area contributed by atoms with Gasteiger partial charge in [-0.2, -0.15) is 0 Å². The van der Waals surface area contributed by atoms with Crippen molar-refractivity contribution < 1.29 is 28.7 Å². The number of anilines is 2. The van der Waals surface area contributed by atoms with Crippen LogP contribution in [-0.4, -0.2) is 86.8 Å². The minimum atomic E-state index is -1.11. The van der Waals surface area contributed by atoms with E-state index in [-0.39, 0.29) is 41.0 Å². The summed E-state index contributed by atoms with van der Waals surface area (Å²) in [6, 6.07) is 14.4. The van der Waals surface area contributed by atoms with Crippen LogP contribution in [0.1, 0.15) is 38.0 Å². The molecule has 45 heavy (non-hydrogen) atoms. The fraction of sp³-hybridized carbons (Fsp3) is 0.226. The number of nitrogens with zero attached hydrogens (tertiary/aromatic N) is 6. The van der Waals surface area contributed by atoms with Gasteiger partial charge in [-0.25, -0.2) is 13.9 Å². The number of piperazine rings is 1. The van der Waals surface area contributed by atoms with Crippen LogP contribution in [0.4, 0.5) is 15.8 Å². The topological polar surface area (TPSA) is 141 Å². The van der Waals surface area contributed by atoms with Crippen LogP contribution in [0.15, 0.2) is 66.9 Å². The molecule has 0 saturated carbocycles. The number of rotatable bonds is 6. The summed E-state index contributed by atoms with van der Waals surface area (Å²) in [7, 11) is 1.75. The van der Waals surface area contributed by atoms with E-state index in [1.807, 2.05) is 11.0 Å². The molecular weight excluding hydrogens is 605 g/mol. The fourth-order valence-corrected chi connectivity index (χ4v) is 5.78.